The standard InChI is InChI=1S/C27H33ClN2O5/c1-33-23-14-9-18(16-24(23)34-2)25(31)30(17-22-8-5-15-35-22)27(26(29)32,19-6-3-4-7-19)20-10-12-21(28)13-11-20/h9-14,16,19,22H,3-8,15,17H2,1-2H3,(H2,29,32). The summed E-state index contributed by atoms with van der Waals surface area (Å²) in [5.41, 5.74) is 5.99. The Kier molecular flexibility index (Phi) is 7.87. The molecule has 2 aliphatic rings. The van der Waals surface area contributed by atoms with Gasteiger partial charge in [0.25, 0.3) is 5.91 Å². The predicted octanol–water partition coefficient (Wildman–Crippen LogP) is 4.55. The maximum Gasteiger partial charge on any atom is 0.255 e. The summed E-state index contributed by atoms with van der Waals surface area (Å²) in [5.74, 6) is -0.0100. The van der Waals surface area contributed by atoms with Crippen molar-refractivity contribution in [3.05, 3.63) is 58.6 Å². The quantitative estimate of drug-likeness (QED) is 0.545. The number of halogens is 1. The normalized spacial score (nSPS) is 19.8. The average Bonchev–Trinajstić information content (AvgIpc) is 3.59. The second-order valence-corrected chi connectivity index (χ2v) is 9.68. The van der Waals surface area contributed by atoms with Crippen LogP contribution in [0.25, 0.3) is 0 Å². The third kappa shape index (κ3) is 4.84. The molecule has 8 heteroatoms. The second kappa shape index (κ2) is 10.9. The Morgan fingerprint density at radius 2 is 1.71 bits per heavy atom. The number of benzene rings is 2. The summed E-state index contributed by atoms with van der Waals surface area (Å²) >= 11 is 6.20. The van der Waals surface area contributed by atoms with E-state index in [0.717, 1.165) is 38.5 Å². The van der Waals surface area contributed by atoms with Crippen LogP contribution in [0.15, 0.2) is 42.5 Å². The van der Waals surface area contributed by atoms with Gasteiger partial charge >= 0.3 is 0 Å². The minimum Gasteiger partial charge on any atom is -0.493 e. The molecule has 2 unspecified atom stereocenters. The van der Waals surface area contributed by atoms with Crippen molar-refractivity contribution in [2.75, 3.05) is 27.4 Å². The lowest BCUT2D eigenvalue weighted by atomic mass is 9.74. The molecule has 1 saturated carbocycles. The highest BCUT2D eigenvalue weighted by Gasteiger charge is 2.53. The molecule has 0 spiro atoms. The van der Waals surface area contributed by atoms with Gasteiger partial charge in [-0.2, -0.15) is 0 Å². The number of hydrogen-bond acceptors (Lipinski definition) is 5. The van der Waals surface area contributed by atoms with Gasteiger partial charge in [0, 0.05) is 23.7 Å². The molecule has 1 heterocycles. The Labute approximate surface area is 211 Å². The largest absolute Gasteiger partial charge is 0.493 e. The van der Waals surface area contributed by atoms with E-state index in [0.29, 0.717) is 34.3 Å². The molecule has 2 aromatic carbocycles. The van der Waals surface area contributed by atoms with E-state index in [1.807, 2.05) is 12.1 Å². The van der Waals surface area contributed by atoms with Crippen molar-refractivity contribution in [2.24, 2.45) is 11.7 Å². The number of carbonyl (C=O) groups is 2. The molecule has 1 saturated heterocycles. The van der Waals surface area contributed by atoms with Crippen molar-refractivity contribution in [2.45, 2.75) is 50.2 Å². The average molecular weight is 501 g/mol. The first kappa shape index (κ1) is 25.3. The van der Waals surface area contributed by atoms with Crippen molar-refractivity contribution < 1.29 is 23.8 Å². The molecule has 2 amide bonds. The molecule has 2 N–H and O–H groups in total. The van der Waals surface area contributed by atoms with Crippen molar-refractivity contribution in [3.8, 4) is 11.5 Å². The molecular formula is C27H33ClN2O5. The minimum absolute atomic E-state index is 0.119. The Hall–Kier alpha value is -2.77. The molecule has 0 radical (unpaired) electrons. The van der Waals surface area contributed by atoms with Crippen LogP contribution < -0.4 is 15.2 Å². The Bertz CT molecular complexity index is 1050. The Morgan fingerprint density at radius 1 is 1.03 bits per heavy atom. The van der Waals surface area contributed by atoms with E-state index in [2.05, 4.69) is 0 Å². The monoisotopic (exact) mass is 500 g/mol. The van der Waals surface area contributed by atoms with Crippen LogP contribution >= 0.6 is 11.6 Å². The van der Waals surface area contributed by atoms with Crippen LogP contribution in [0.5, 0.6) is 11.5 Å². The molecule has 7 nitrogen and oxygen atoms in total. The lowest BCUT2D eigenvalue weighted by Crippen LogP contribution is -2.62. The first-order chi connectivity index (χ1) is 16.9. The molecule has 2 atom stereocenters. The van der Waals surface area contributed by atoms with Gasteiger partial charge in [-0.15, -0.1) is 0 Å². The lowest BCUT2D eigenvalue weighted by molar-refractivity contribution is -0.134. The summed E-state index contributed by atoms with van der Waals surface area (Å²) in [5, 5.41) is 0.551. The fourth-order valence-electron chi connectivity index (χ4n) is 5.64. The molecule has 0 bridgehead atoms. The van der Waals surface area contributed by atoms with Gasteiger partial charge < -0.3 is 24.8 Å². The van der Waals surface area contributed by atoms with E-state index in [9.17, 15) is 9.59 Å². The second-order valence-electron chi connectivity index (χ2n) is 9.24. The summed E-state index contributed by atoms with van der Waals surface area (Å²) in [6, 6.07) is 12.1. The smallest absolute Gasteiger partial charge is 0.255 e. The molecular weight excluding hydrogens is 468 g/mol. The third-order valence-corrected chi connectivity index (χ3v) is 7.57. The number of carbonyl (C=O) groups excluding carboxylic acids is 2. The van der Waals surface area contributed by atoms with Gasteiger partial charge in [-0.05, 0) is 67.5 Å². The number of rotatable bonds is 9. The zero-order chi connectivity index (χ0) is 25.0. The maximum atomic E-state index is 14.3. The molecule has 4 rings (SSSR count). The SMILES string of the molecule is COc1ccc(C(=O)N(CC2CCCO2)C(C(N)=O)(c2ccc(Cl)cc2)C2CCCC2)cc1OC. The molecule has 1 aliphatic heterocycles. The Balaban J connectivity index is 1.89. The predicted molar refractivity (Wildman–Crippen MR) is 134 cm³/mol. The lowest BCUT2D eigenvalue weighted by Gasteiger charge is -2.47. The third-order valence-electron chi connectivity index (χ3n) is 7.32. The number of nitrogens with zero attached hydrogens (tertiary/aromatic N) is 1. The van der Waals surface area contributed by atoms with Gasteiger partial charge in [-0.1, -0.05) is 36.6 Å². The molecule has 0 aromatic heterocycles. The van der Waals surface area contributed by atoms with Crippen LogP contribution in [0, 0.1) is 5.92 Å². The van der Waals surface area contributed by atoms with E-state index in [1.165, 1.54) is 7.11 Å². The highest BCUT2D eigenvalue weighted by Crippen LogP contribution is 2.46. The first-order valence-corrected chi connectivity index (χ1v) is 12.5. The Morgan fingerprint density at radius 3 is 2.29 bits per heavy atom. The summed E-state index contributed by atoms with van der Waals surface area (Å²) in [7, 11) is 3.07. The van der Waals surface area contributed by atoms with E-state index < -0.39 is 11.4 Å². The van der Waals surface area contributed by atoms with Crippen LogP contribution in [0.3, 0.4) is 0 Å². The first-order valence-electron chi connectivity index (χ1n) is 12.1. The van der Waals surface area contributed by atoms with Crippen molar-refractivity contribution >= 4 is 23.4 Å². The topological polar surface area (TPSA) is 91.1 Å². The zero-order valence-electron chi connectivity index (χ0n) is 20.3. The van der Waals surface area contributed by atoms with E-state index in [4.69, 9.17) is 31.5 Å². The van der Waals surface area contributed by atoms with E-state index in [-0.39, 0.29) is 24.5 Å². The minimum atomic E-state index is -1.34. The van der Waals surface area contributed by atoms with Crippen molar-refractivity contribution in [1.82, 2.24) is 4.90 Å². The van der Waals surface area contributed by atoms with Crippen LogP contribution in [0.4, 0.5) is 0 Å². The molecule has 2 aromatic rings. The number of nitrogens with two attached hydrogens (primary N) is 1. The summed E-state index contributed by atoms with van der Waals surface area (Å²) in [4.78, 5) is 29.5. The number of ether oxygens (including phenoxy) is 3. The maximum absolute atomic E-state index is 14.3. The summed E-state index contributed by atoms with van der Waals surface area (Å²) < 4.78 is 16.7. The fraction of sp³-hybridized carbons (Fsp3) is 0.481. The van der Waals surface area contributed by atoms with Crippen LogP contribution in [0.1, 0.15) is 54.4 Å². The number of primary amides is 1. The fourth-order valence-corrected chi connectivity index (χ4v) is 5.77. The van der Waals surface area contributed by atoms with Crippen LogP contribution in [-0.2, 0) is 15.1 Å². The van der Waals surface area contributed by atoms with Crippen molar-refractivity contribution in [1.29, 1.82) is 0 Å². The van der Waals surface area contributed by atoms with Gasteiger partial charge in [0.15, 0.2) is 11.5 Å². The van der Waals surface area contributed by atoms with Gasteiger partial charge in [0.2, 0.25) is 5.91 Å². The van der Waals surface area contributed by atoms with E-state index >= 15 is 0 Å². The van der Waals surface area contributed by atoms with Gasteiger partial charge in [-0.25, -0.2) is 0 Å². The number of amides is 2. The molecule has 35 heavy (non-hydrogen) atoms. The highest BCUT2D eigenvalue weighted by molar-refractivity contribution is 6.30. The van der Waals surface area contributed by atoms with E-state index in [1.54, 1.807) is 42.3 Å². The van der Waals surface area contributed by atoms with Crippen LogP contribution in [0.2, 0.25) is 5.02 Å². The summed E-state index contributed by atoms with van der Waals surface area (Å²) in [6.07, 6.45) is 5.11. The summed E-state index contributed by atoms with van der Waals surface area (Å²) in [6.45, 7) is 0.895. The van der Waals surface area contributed by atoms with Gasteiger partial charge in [-0.3, -0.25) is 9.59 Å². The molecule has 188 valence electrons. The van der Waals surface area contributed by atoms with Gasteiger partial charge in [0.1, 0.15) is 5.54 Å². The number of methoxy groups -OCH3 is 2. The number of hydrogen-bond donors (Lipinski definition) is 1. The molecule has 2 fully saturated rings. The van der Waals surface area contributed by atoms with Gasteiger partial charge in [0.05, 0.1) is 20.3 Å². The van der Waals surface area contributed by atoms with Crippen molar-refractivity contribution in [3.63, 3.8) is 0 Å². The highest BCUT2D eigenvalue weighted by atomic mass is 35.5. The molecule has 1 aliphatic carbocycles. The van der Waals surface area contributed by atoms with Crippen LogP contribution in [-0.4, -0.2) is 50.2 Å². The zero-order valence-corrected chi connectivity index (χ0v) is 21.1.